The fourth-order valence-corrected chi connectivity index (χ4v) is 2.16. The summed E-state index contributed by atoms with van der Waals surface area (Å²) in [6.07, 6.45) is 4.91. The fraction of sp³-hybridized carbons (Fsp3) is 0.400. The van der Waals surface area contributed by atoms with Crippen molar-refractivity contribution in [2.75, 3.05) is 6.54 Å². The van der Waals surface area contributed by atoms with Crippen molar-refractivity contribution >= 4 is 0 Å². The Kier molecular flexibility index (Phi) is 4.15. The zero-order valence-corrected chi connectivity index (χ0v) is 11.4. The molecular weight excluding hydrogens is 222 g/mol. The molecule has 1 atom stereocenters. The van der Waals surface area contributed by atoms with Crippen LogP contribution < -0.4 is 5.32 Å². The zero-order valence-electron chi connectivity index (χ0n) is 11.4. The summed E-state index contributed by atoms with van der Waals surface area (Å²) in [7, 11) is 2.03. The minimum Gasteiger partial charge on any atom is -0.336 e. The lowest BCUT2D eigenvalue weighted by atomic mass is 10.0. The Morgan fingerprint density at radius 3 is 2.44 bits per heavy atom. The molecule has 3 nitrogen and oxygen atoms in total. The van der Waals surface area contributed by atoms with Gasteiger partial charge in [-0.15, -0.1) is 0 Å². The van der Waals surface area contributed by atoms with Crippen LogP contribution in [0.25, 0.3) is 0 Å². The normalized spacial score (nSPS) is 12.6. The van der Waals surface area contributed by atoms with Gasteiger partial charge in [0.2, 0.25) is 0 Å². The number of nitrogens with one attached hydrogen (secondary N) is 1. The van der Waals surface area contributed by atoms with Gasteiger partial charge in [0.15, 0.2) is 0 Å². The molecule has 0 saturated carbocycles. The molecule has 2 rings (SSSR count). The van der Waals surface area contributed by atoms with Crippen LogP contribution in [-0.2, 0) is 13.5 Å². The predicted molar refractivity (Wildman–Crippen MR) is 74.5 cm³/mol. The Labute approximate surface area is 109 Å². The maximum absolute atomic E-state index is 4.45. The molecule has 0 radical (unpaired) electrons. The van der Waals surface area contributed by atoms with Crippen molar-refractivity contribution in [1.82, 2.24) is 14.9 Å². The lowest BCUT2D eigenvalue weighted by molar-refractivity contribution is 0.577. The van der Waals surface area contributed by atoms with Gasteiger partial charge in [0.05, 0.1) is 6.04 Å². The summed E-state index contributed by atoms with van der Waals surface area (Å²) in [6.45, 7) is 5.22. The third-order valence-corrected chi connectivity index (χ3v) is 3.25. The van der Waals surface area contributed by atoms with E-state index in [1.54, 1.807) is 0 Å². The summed E-state index contributed by atoms with van der Waals surface area (Å²) >= 11 is 0. The molecule has 3 heteroatoms. The van der Waals surface area contributed by atoms with Crippen molar-refractivity contribution in [3.05, 3.63) is 53.6 Å². The molecule has 96 valence electrons. The summed E-state index contributed by atoms with van der Waals surface area (Å²) in [4.78, 5) is 4.45. The molecule has 0 aliphatic rings. The largest absolute Gasteiger partial charge is 0.336 e. The summed E-state index contributed by atoms with van der Waals surface area (Å²) in [6, 6.07) is 8.95. The van der Waals surface area contributed by atoms with E-state index in [4.69, 9.17) is 0 Å². The summed E-state index contributed by atoms with van der Waals surface area (Å²) in [5.41, 5.74) is 2.64. The van der Waals surface area contributed by atoms with Crippen LogP contribution in [0.5, 0.6) is 0 Å². The van der Waals surface area contributed by atoms with E-state index in [1.807, 2.05) is 19.4 Å². The summed E-state index contributed by atoms with van der Waals surface area (Å²) < 4.78 is 2.07. The van der Waals surface area contributed by atoms with Crippen molar-refractivity contribution in [1.29, 1.82) is 0 Å². The average molecular weight is 243 g/mol. The lowest BCUT2D eigenvalue weighted by Crippen LogP contribution is -2.24. The standard InChI is InChI=1S/C15H21N3/c1-4-12-6-8-13(9-7-12)14(16-5-2)15-17-10-11-18(15)3/h6-11,14,16H,4-5H2,1-3H3. The first-order valence-electron chi connectivity index (χ1n) is 6.55. The molecule has 0 aliphatic heterocycles. The highest BCUT2D eigenvalue weighted by Crippen LogP contribution is 2.20. The molecule has 1 aromatic heterocycles. The highest BCUT2D eigenvalue weighted by Gasteiger charge is 2.16. The predicted octanol–water partition coefficient (Wildman–Crippen LogP) is 2.68. The van der Waals surface area contributed by atoms with Gasteiger partial charge in [-0.25, -0.2) is 4.98 Å². The van der Waals surface area contributed by atoms with Crippen molar-refractivity contribution in [3.8, 4) is 0 Å². The van der Waals surface area contributed by atoms with Crippen LogP contribution in [0.2, 0.25) is 0 Å². The fourth-order valence-electron chi connectivity index (χ4n) is 2.16. The lowest BCUT2D eigenvalue weighted by Gasteiger charge is -2.18. The van der Waals surface area contributed by atoms with Crippen LogP contribution in [0.1, 0.15) is 36.8 Å². The number of benzene rings is 1. The Bertz CT molecular complexity index is 485. The molecule has 0 saturated heterocycles. The number of aromatic nitrogens is 2. The molecule has 18 heavy (non-hydrogen) atoms. The van der Waals surface area contributed by atoms with Crippen LogP contribution in [-0.4, -0.2) is 16.1 Å². The van der Waals surface area contributed by atoms with Crippen molar-refractivity contribution in [2.45, 2.75) is 26.3 Å². The summed E-state index contributed by atoms with van der Waals surface area (Å²) in [5, 5.41) is 3.50. The minimum atomic E-state index is 0.168. The Morgan fingerprint density at radius 2 is 1.94 bits per heavy atom. The molecule has 0 aliphatic carbocycles. The van der Waals surface area contributed by atoms with Crippen LogP contribution in [0, 0.1) is 0 Å². The molecule has 0 bridgehead atoms. The van der Waals surface area contributed by atoms with Crippen molar-refractivity contribution in [2.24, 2.45) is 7.05 Å². The van der Waals surface area contributed by atoms with E-state index in [9.17, 15) is 0 Å². The average Bonchev–Trinajstić information content (AvgIpc) is 2.82. The van der Waals surface area contributed by atoms with Gasteiger partial charge in [0.25, 0.3) is 0 Å². The van der Waals surface area contributed by atoms with E-state index in [0.717, 1.165) is 18.8 Å². The van der Waals surface area contributed by atoms with Gasteiger partial charge in [0, 0.05) is 19.4 Å². The number of aryl methyl sites for hydroxylation is 2. The van der Waals surface area contributed by atoms with Crippen LogP contribution in [0.4, 0.5) is 0 Å². The third kappa shape index (κ3) is 2.62. The first-order valence-corrected chi connectivity index (χ1v) is 6.55. The second-order valence-corrected chi connectivity index (χ2v) is 4.48. The van der Waals surface area contributed by atoms with Crippen LogP contribution in [0.3, 0.4) is 0 Å². The summed E-state index contributed by atoms with van der Waals surface area (Å²) in [5.74, 6) is 1.06. The SMILES string of the molecule is CCNC(c1ccc(CC)cc1)c1nccn1C. The topological polar surface area (TPSA) is 29.9 Å². The maximum atomic E-state index is 4.45. The first kappa shape index (κ1) is 12.8. The van der Waals surface area contributed by atoms with Gasteiger partial charge in [-0.05, 0) is 24.1 Å². The molecule has 1 heterocycles. The Morgan fingerprint density at radius 1 is 1.22 bits per heavy atom. The second kappa shape index (κ2) is 5.83. The van der Waals surface area contributed by atoms with E-state index in [-0.39, 0.29) is 6.04 Å². The molecular formula is C15H21N3. The van der Waals surface area contributed by atoms with E-state index in [0.29, 0.717) is 0 Å². The molecule has 0 fully saturated rings. The van der Waals surface area contributed by atoms with E-state index >= 15 is 0 Å². The zero-order chi connectivity index (χ0) is 13.0. The number of hydrogen-bond donors (Lipinski definition) is 1. The monoisotopic (exact) mass is 243 g/mol. The van der Waals surface area contributed by atoms with Gasteiger partial charge in [-0.3, -0.25) is 0 Å². The quantitative estimate of drug-likeness (QED) is 0.875. The molecule has 2 aromatic rings. The van der Waals surface area contributed by atoms with Gasteiger partial charge in [-0.1, -0.05) is 38.1 Å². The van der Waals surface area contributed by atoms with E-state index in [2.05, 4.69) is 53.0 Å². The second-order valence-electron chi connectivity index (χ2n) is 4.48. The van der Waals surface area contributed by atoms with Gasteiger partial charge in [-0.2, -0.15) is 0 Å². The third-order valence-electron chi connectivity index (χ3n) is 3.25. The number of rotatable bonds is 5. The smallest absolute Gasteiger partial charge is 0.130 e. The van der Waals surface area contributed by atoms with Crippen molar-refractivity contribution in [3.63, 3.8) is 0 Å². The van der Waals surface area contributed by atoms with Crippen LogP contribution in [0.15, 0.2) is 36.7 Å². The molecule has 1 N–H and O–H groups in total. The first-order chi connectivity index (χ1) is 8.76. The van der Waals surface area contributed by atoms with Gasteiger partial charge < -0.3 is 9.88 Å². The highest BCUT2D eigenvalue weighted by atomic mass is 15.1. The molecule has 0 amide bonds. The van der Waals surface area contributed by atoms with Gasteiger partial charge in [0.1, 0.15) is 5.82 Å². The molecule has 1 aromatic carbocycles. The number of hydrogen-bond acceptors (Lipinski definition) is 2. The van der Waals surface area contributed by atoms with Crippen molar-refractivity contribution < 1.29 is 0 Å². The van der Waals surface area contributed by atoms with E-state index in [1.165, 1.54) is 11.1 Å². The highest BCUT2D eigenvalue weighted by molar-refractivity contribution is 5.29. The Hall–Kier alpha value is -1.61. The van der Waals surface area contributed by atoms with E-state index < -0.39 is 0 Å². The maximum Gasteiger partial charge on any atom is 0.130 e. The number of nitrogens with zero attached hydrogens (tertiary/aromatic N) is 2. The van der Waals surface area contributed by atoms with Gasteiger partial charge >= 0.3 is 0 Å². The van der Waals surface area contributed by atoms with Crippen LogP contribution >= 0.6 is 0 Å². The minimum absolute atomic E-state index is 0.168. The number of imidazole rings is 1. The molecule has 1 unspecified atom stereocenters. The molecule has 0 spiro atoms. The Balaban J connectivity index is 2.32.